The molecule has 0 fully saturated rings. The number of rotatable bonds is 4. The summed E-state index contributed by atoms with van der Waals surface area (Å²) in [6.07, 6.45) is 1.48. The minimum Gasteiger partial charge on any atom is -0.463 e. The summed E-state index contributed by atoms with van der Waals surface area (Å²) in [4.78, 5) is 11.5. The monoisotopic (exact) mass is 286 g/mol. The van der Waals surface area contributed by atoms with Gasteiger partial charge in [-0.2, -0.15) is 0 Å². The molecular weight excluding hydrogens is 264 g/mol. The third kappa shape index (κ3) is 2.94. The number of esters is 1. The first-order valence-electron chi connectivity index (χ1n) is 7.12. The van der Waals surface area contributed by atoms with Gasteiger partial charge >= 0.3 is 5.97 Å². The smallest absolute Gasteiger partial charge is 0.332 e. The molecule has 1 heterocycles. The van der Waals surface area contributed by atoms with E-state index in [-0.39, 0.29) is 5.97 Å². The Morgan fingerprint density at radius 3 is 2.76 bits per heavy atom. The van der Waals surface area contributed by atoms with E-state index in [2.05, 4.69) is 36.8 Å². The quantitative estimate of drug-likeness (QED) is 0.689. The van der Waals surface area contributed by atoms with E-state index in [4.69, 9.17) is 4.74 Å². The maximum absolute atomic E-state index is 11.5. The highest BCUT2D eigenvalue weighted by molar-refractivity contribution is 5.96. The van der Waals surface area contributed by atoms with E-state index in [1.807, 2.05) is 19.1 Å². The fraction of sp³-hybridized carbons (Fsp3) is 0.353. The average molecular weight is 286 g/mol. The Bertz CT molecular complexity index is 711. The summed E-state index contributed by atoms with van der Waals surface area (Å²) in [5.74, 6) is -0.325. The van der Waals surface area contributed by atoms with Crippen molar-refractivity contribution in [3.8, 4) is 0 Å². The fourth-order valence-electron chi connectivity index (χ4n) is 2.53. The number of allylic oxidation sites excluding steroid dienone is 1. The van der Waals surface area contributed by atoms with Crippen molar-refractivity contribution in [1.29, 1.82) is 0 Å². The number of nitrogens with one attached hydrogen (secondary N) is 1. The molecule has 1 aromatic carbocycles. The minimum atomic E-state index is -0.325. The standard InChI is InChI=1S/C17H22N2O2/c1-6-21-16(20)10-11(2)18-15-9-7-8-14-12(3)13(4)19(5)17(14)15/h7-10,18H,6H2,1-5H3/b11-10+. The van der Waals surface area contributed by atoms with Crippen LogP contribution in [0.25, 0.3) is 10.9 Å². The van der Waals surface area contributed by atoms with Gasteiger partial charge in [0.15, 0.2) is 0 Å². The van der Waals surface area contributed by atoms with Crippen molar-refractivity contribution in [2.24, 2.45) is 7.05 Å². The summed E-state index contributed by atoms with van der Waals surface area (Å²) >= 11 is 0. The van der Waals surface area contributed by atoms with Crippen LogP contribution in [0.15, 0.2) is 30.0 Å². The molecular formula is C17H22N2O2. The first-order chi connectivity index (χ1) is 9.95. The number of hydrogen-bond acceptors (Lipinski definition) is 3. The third-order valence-corrected chi connectivity index (χ3v) is 3.77. The van der Waals surface area contributed by atoms with E-state index in [1.54, 1.807) is 6.92 Å². The molecule has 0 aliphatic carbocycles. The number of carbonyl (C=O) groups excluding carboxylic acids is 1. The van der Waals surface area contributed by atoms with Gasteiger partial charge in [0.25, 0.3) is 0 Å². The van der Waals surface area contributed by atoms with Crippen molar-refractivity contribution in [1.82, 2.24) is 4.57 Å². The first kappa shape index (κ1) is 15.2. The zero-order valence-electron chi connectivity index (χ0n) is 13.3. The summed E-state index contributed by atoms with van der Waals surface area (Å²) in [6.45, 7) is 8.28. The van der Waals surface area contributed by atoms with Crippen LogP contribution in [0.4, 0.5) is 5.69 Å². The number of fused-ring (bicyclic) bond motifs is 1. The van der Waals surface area contributed by atoms with Crippen LogP contribution >= 0.6 is 0 Å². The van der Waals surface area contributed by atoms with Crippen LogP contribution in [-0.4, -0.2) is 17.1 Å². The Labute approximate surface area is 125 Å². The van der Waals surface area contributed by atoms with E-state index < -0.39 is 0 Å². The van der Waals surface area contributed by atoms with E-state index in [9.17, 15) is 4.79 Å². The topological polar surface area (TPSA) is 43.3 Å². The van der Waals surface area contributed by atoms with Crippen LogP contribution < -0.4 is 5.32 Å². The Balaban J connectivity index is 2.40. The lowest BCUT2D eigenvalue weighted by molar-refractivity contribution is -0.137. The van der Waals surface area contributed by atoms with Crippen LogP contribution in [0, 0.1) is 13.8 Å². The van der Waals surface area contributed by atoms with E-state index >= 15 is 0 Å². The number of ether oxygens (including phenoxy) is 1. The Hall–Kier alpha value is -2.23. The Morgan fingerprint density at radius 2 is 2.10 bits per heavy atom. The second-order valence-electron chi connectivity index (χ2n) is 5.18. The number of hydrogen-bond donors (Lipinski definition) is 1. The fourth-order valence-corrected chi connectivity index (χ4v) is 2.53. The van der Waals surface area contributed by atoms with Gasteiger partial charge in [-0.1, -0.05) is 12.1 Å². The molecule has 0 aliphatic rings. The number of anilines is 1. The Kier molecular flexibility index (Phi) is 4.36. The summed E-state index contributed by atoms with van der Waals surface area (Å²) in [5, 5.41) is 4.52. The molecule has 0 saturated carbocycles. The van der Waals surface area contributed by atoms with Gasteiger partial charge < -0.3 is 14.6 Å². The van der Waals surface area contributed by atoms with Gasteiger partial charge in [-0.05, 0) is 39.3 Å². The van der Waals surface area contributed by atoms with E-state index in [0.29, 0.717) is 6.61 Å². The summed E-state index contributed by atoms with van der Waals surface area (Å²) in [5.41, 5.74) is 5.42. The molecule has 1 N–H and O–H groups in total. The first-order valence-corrected chi connectivity index (χ1v) is 7.12. The summed E-state index contributed by atoms with van der Waals surface area (Å²) < 4.78 is 7.10. The van der Waals surface area contributed by atoms with Crippen molar-refractivity contribution in [2.75, 3.05) is 11.9 Å². The molecule has 1 aromatic heterocycles. The lowest BCUT2D eigenvalue weighted by atomic mass is 10.1. The molecule has 4 heteroatoms. The van der Waals surface area contributed by atoms with Gasteiger partial charge in [0, 0.05) is 29.9 Å². The lowest BCUT2D eigenvalue weighted by Gasteiger charge is -2.10. The molecule has 112 valence electrons. The minimum absolute atomic E-state index is 0.325. The number of nitrogens with zero attached hydrogens (tertiary/aromatic N) is 1. The van der Waals surface area contributed by atoms with Crippen molar-refractivity contribution in [3.05, 3.63) is 41.2 Å². The largest absolute Gasteiger partial charge is 0.463 e. The number of benzene rings is 1. The highest BCUT2D eigenvalue weighted by atomic mass is 16.5. The van der Waals surface area contributed by atoms with Gasteiger partial charge in [-0.15, -0.1) is 0 Å². The molecule has 0 aliphatic heterocycles. The highest BCUT2D eigenvalue weighted by Crippen LogP contribution is 2.30. The molecule has 0 bridgehead atoms. The SMILES string of the molecule is CCOC(=O)/C=C(\C)Nc1cccc2c(C)c(C)n(C)c12. The lowest BCUT2D eigenvalue weighted by Crippen LogP contribution is -2.05. The molecule has 0 radical (unpaired) electrons. The number of carbonyl (C=O) groups is 1. The van der Waals surface area contributed by atoms with Crippen LogP contribution in [-0.2, 0) is 16.6 Å². The number of aromatic nitrogens is 1. The normalized spacial score (nSPS) is 11.8. The number of aryl methyl sites for hydroxylation is 2. The van der Waals surface area contributed by atoms with E-state index in [1.165, 1.54) is 22.7 Å². The maximum Gasteiger partial charge on any atom is 0.332 e. The molecule has 0 atom stereocenters. The van der Waals surface area contributed by atoms with Crippen LogP contribution in [0.3, 0.4) is 0 Å². The number of para-hydroxylation sites is 1. The van der Waals surface area contributed by atoms with Crippen molar-refractivity contribution in [2.45, 2.75) is 27.7 Å². The molecule has 2 aromatic rings. The molecule has 4 nitrogen and oxygen atoms in total. The third-order valence-electron chi connectivity index (χ3n) is 3.77. The summed E-state index contributed by atoms with van der Waals surface area (Å²) in [6, 6.07) is 6.16. The van der Waals surface area contributed by atoms with Crippen molar-refractivity contribution < 1.29 is 9.53 Å². The summed E-state index contributed by atoms with van der Waals surface area (Å²) in [7, 11) is 2.06. The van der Waals surface area contributed by atoms with Gasteiger partial charge in [-0.3, -0.25) is 0 Å². The van der Waals surface area contributed by atoms with Gasteiger partial charge in [-0.25, -0.2) is 4.79 Å². The molecule has 2 rings (SSSR count). The van der Waals surface area contributed by atoms with Crippen LogP contribution in [0.1, 0.15) is 25.1 Å². The second-order valence-corrected chi connectivity index (χ2v) is 5.18. The van der Waals surface area contributed by atoms with Gasteiger partial charge in [0.05, 0.1) is 17.8 Å². The van der Waals surface area contributed by atoms with Crippen LogP contribution in [0.5, 0.6) is 0 Å². The predicted octanol–water partition coefficient (Wildman–Crippen LogP) is 3.67. The average Bonchev–Trinajstić information content (AvgIpc) is 2.65. The Morgan fingerprint density at radius 1 is 1.38 bits per heavy atom. The zero-order valence-corrected chi connectivity index (χ0v) is 13.3. The second kappa shape index (κ2) is 6.04. The van der Waals surface area contributed by atoms with Gasteiger partial charge in [0.2, 0.25) is 0 Å². The molecule has 0 amide bonds. The van der Waals surface area contributed by atoms with Crippen LogP contribution in [0.2, 0.25) is 0 Å². The molecule has 0 unspecified atom stereocenters. The predicted molar refractivity (Wildman–Crippen MR) is 86.4 cm³/mol. The molecule has 21 heavy (non-hydrogen) atoms. The molecule has 0 spiro atoms. The molecule has 0 saturated heterocycles. The van der Waals surface area contributed by atoms with Crippen molar-refractivity contribution in [3.63, 3.8) is 0 Å². The highest BCUT2D eigenvalue weighted by Gasteiger charge is 2.11. The maximum atomic E-state index is 11.5. The van der Waals surface area contributed by atoms with E-state index in [0.717, 1.165) is 16.9 Å². The van der Waals surface area contributed by atoms with Crippen molar-refractivity contribution >= 4 is 22.6 Å². The van der Waals surface area contributed by atoms with Gasteiger partial charge in [0.1, 0.15) is 0 Å². The zero-order chi connectivity index (χ0) is 15.6.